The third-order valence-electron chi connectivity index (χ3n) is 5.97. The third-order valence-corrected chi connectivity index (χ3v) is 5.97. The number of carbonyl (C=O) groups is 1. The van der Waals surface area contributed by atoms with Gasteiger partial charge >= 0.3 is 0 Å². The van der Waals surface area contributed by atoms with E-state index in [1.807, 2.05) is 26.0 Å². The van der Waals surface area contributed by atoms with Crippen molar-refractivity contribution in [3.05, 3.63) is 58.7 Å². The molecular formula is C23H32N3O+. The van der Waals surface area contributed by atoms with Crippen molar-refractivity contribution in [2.45, 2.75) is 40.7 Å². The minimum atomic E-state index is -0.0496. The molecule has 0 unspecified atom stereocenters. The number of amides is 1. The van der Waals surface area contributed by atoms with E-state index < -0.39 is 0 Å². The van der Waals surface area contributed by atoms with Crippen LogP contribution in [0.4, 0.5) is 11.4 Å². The minimum absolute atomic E-state index is 0.0496. The molecule has 1 saturated heterocycles. The van der Waals surface area contributed by atoms with Gasteiger partial charge in [-0.25, -0.2) is 0 Å². The minimum Gasteiger partial charge on any atom is -0.360 e. The van der Waals surface area contributed by atoms with E-state index in [0.29, 0.717) is 0 Å². The zero-order chi connectivity index (χ0) is 19.6. The Morgan fingerprint density at radius 2 is 1.74 bits per heavy atom. The van der Waals surface area contributed by atoms with Crippen molar-refractivity contribution in [2.24, 2.45) is 0 Å². The lowest BCUT2D eigenvalue weighted by atomic mass is 10.1. The molecule has 144 valence electrons. The van der Waals surface area contributed by atoms with Crippen molar-refractivity contribution in [1.29, 1.82) is 0 Å². The molecule has 1 atom stereocenters. The van der Waals surface area contributed by atoms with Crippen LogP contribution in [0.2, 0.25) is 0 Å². The summed E-state index contributed by atoms with van der Waals surface area (Å²) in [5.41, 5.74) is 7.29. The van der Waals surface area contributed by atoms with Crippen LogP contribution in [0, 0.1) is 27.7 Å². The number of nitrogens with one attached hydrogen (secondary N) is 2. The Bertz CT molecular complexity index is 822. The monoisotopic (exact) mass is 366 g/mol. The molecule has 1 aliphatic rings. The smallest absolute Gasteiger partial charge is 0.282 e. The predicted octanol–water partition coefficient (Wildman–Crippen LogP) is 2.65. The maximum atomic E-state index is 12.8. The van der Waals surface area contributed by atoms with E-state index in [2.05, 4.69) is 55.3 Å². The van der Waals surface area contributed by atoms with Gasteiger partial charge in [-0.15, -0.1) is 0 Å². The molecule has 0 bridgehead atoms. The summed E-state index contributed by atoms with van der Waals surface area (Å²) >= 11 is 0. The summed E-state index contributed by atoms with van der Waals surface area (Å²) in [6.45, 7) is 14.5. The van der Waals surface area contributed by atoms with Crippen LogP contribution in [0.5, 0.6) is 0 Å². The molecule has 27 heavy (non-hydrogen) atoms. The Morgan fingerprint density at radius 3 is 2.41 bits per heavy atom. The number of anilines is 2. The highest BCUT2D eigenvalue weighted by molar-refractivity contribution is 5.94. The fourth-order valence-electron chi connectivity index (χ4n) is 3.93. The van der Waals surface area contributed by atoms with Crippen LogP contribution in [0.1, 0.15) is 29.2 Å². The van der Waals surface area contributed by atoms with Crippen LogP contribution >= 0.6 is 0 Å². The largest absolute Gasteiger partial charge is 0.360 e. The molecule has 0 radical (unpaired) electrons. The molecule has 0 spiro atoms. The molecule has 0 saturated carbocycles. The van der Waals surface area contributed by atoms with E-state index in [1.54, 1.807) is 0 Å². The standard InChI is InChI=1S/C23H31N3O/c1-16-9-10-21(18(3)15-16)24-23(27)20(5)25-11-13-26(14-12-25)22-8-6-7-17(2)19(22)4/h6-10,15,20H,11-14H2,1-5H3,(H,24,27)/p+1/t20-/m1/s1. The first kappa shape index (κ1) is 19.4. The zero-order valence-corrected chi connectivity index (χ0v) is 17.2. The second-order valence-corrected chi connectivity index (χ2v) is 7.89. The quantitative estimate of drug-likeness (QED) is 0.873. The van der Waals surface area contributed by atoms with Crippen molar-refractivity contribution in [3.8, 4) is 0 Å². The van der Waals surface area contributed by atoms with E-state index in [1.165, 1.54) is 27.3 Å². The zero-order valence-electron chi connectivity index (χ0n) is 17.2. The van der Waals surface area contributed by atoms with Gasteiger partial charge in [0.15, 0.2) is 6.04 Å². The van der Waals surface area contributed by atoms with Gasteiger partial charge in [-0.2, -0.15) is 0 Å². The number of nitrogens with zero attached hydrogens (tertiary/aromatic N) is 1. The molecular weight excluding hydrogens is 334 g/mol. The lowest BCUT2D eigenvalue weighted by Crippen LogP contribution is -3.19. The van der Waals surface area contributed by atoms with Gasteiger partial charge in [0.1, 0.15) is 0 Å². The second-order valence-electron chi connectivity index (χ2n) is 7.89. The normalized spacial score (nSPS) is 16.3. The Labute approximate surface area is 163 Å². The summed E-state index contributed by atoms with van der Waals surface area (Å²) in [4.78, 5) is 16.6. The first-order valence-corrected chi connectivity index (χ1v) is 9.90. The molecule has 4 heteroatoms. The van der Waals surface area contributed by atoms with E-state index in [9.17, 15) is 4.79 Å². The van der Waals surface area contributed by atoms with Crippen LogP contribution in [0.3, 0.4) is 0 Å². The van der Waals surface area contributed by atoms with E-state index in [0.717, 1.165) is 37.4 Å². The Balaban J connectivity index is 1.60. The molecule has 1 amide bonds. The van der Waals surface area contributed by atoms with E-state index in [-0.39, 0.29) is 11.9 Å². The van der Waals surface area contributed by atoms with Crippen LogP contribution < -0.4 is 15.1 Å². The van der Waals surface area contributed by atoms with Gasteiger partial charge in [0.2, 0.25) is 0 Å². The van der Waals surface area contributed by atoms with Gasteiger partial charge in [-0.05, 0) is 63.4 Å². The first-order chi connectivity index (χ1) is 12.9. The topological polar surface area (TPSA) is 36.8 Å². The lowest BCUT2D eigenvalue weighted by Gasteiger charge is -2.36. The number of rotatable bonds is 4. The van der Waals surface area contributed by atoms with Crippen LogP contribution in [-0.2, 0) is 4.79 Å². The molecule has 4 nitrogen and oxygen atoms in total. The Kier molecular flexibility index (Phi) is 5.85. The van der Waals surface area contributed by atoms with Gasteiger partial charge in [0.05, 0.1) is 26.2 Å². The second kappa shape index (κ2) is 8.13. The summed E-state index contributed by atoms with van der Waals surface area (Å²) in [6.07, 6.45) is 0. The summed E-state index contributed by atoms with van der Waals surface area (Å²) < 4.78 is 0. The van der Waals surface area contributed by atoms with Gasteiger partial charge < -0.3 is 15.1 Å². The molecule has 0 aliphatic carbocycles. The Morgan fingerprint density at radius 1 is 1.04 bits per heavy atom. The molecule has 2 aromatic carbocycles. The van der Waals surface area contributed by atoms with Gasteiger partial charge in [0.25, 0.3) is 5.91 Å². The molecule has 1 fully saturated rings. The van der Waals surface area contributed by atoms with Crippen LogP contribution in [0.15, 0.2) is 36.4 Å². The molecule has 3 rings (SSSR count). The summed E-state index contributed by atoms with van der Waals surface area (Å²) in [5, 5.41) is 3.12. The number of hydrogen-bond acceptors (Lipinski definition) is 2. The highest BCUT2D eigenvalue weighted by Crippen LogP contribution is 2.22. The molecule has 2 aromatic rings. The molecule has 1 heterocycles. The maximum Gasteiger partial charge on any atom is 0.282 e. The number of hydrogen-bond donors (Lipinski definition) is 2. The molecule has 0 aromatic heterocycles. The first-order valence-electron chi connectivity index (χ1n) is 9.90. The highest BCUT2D eigenvalue weighted by Gasteiger charge is 2.29. The van der Waals surface area contributed by atoms with E-state index >= 15 is 0 Å². The van der Waals surface area contributed by atoms with Crippen molar-refractivity contribution < 1.29 is 9.69 Å². The van der Waals surface area contributed by atoms with Gasteiger partial charge in [-0.3, -0.25) is 4.79 Å². The molecule has 2 N–H and O–H groups in total. The lowest BCUT2D eigenvalue weighted by molar-refractivity contribution is -0.914. The summed E-state index contributed by atoms with van der Waals surface area (Å²) in [6, 6.07) is 12.6. The third kappa shape index (κ3) is 4.33. The highest BCUT2D eigenvalue weighted by atomic mass is 16.2. The van der Waals surface area contributed by atoms with E-state index in [4.69, 9.17) is 0 Å². The predicted molar refractivity (Wildman–Crippen MR) is 113 cm³/mol. The maximum absolute atomic E-state index is 12.8. The van der Waals surface area contributed by atoms with Crippen LogP contribution in [0.25, 0.3) is 0 Å². The van der Waals surface area contributed by atoms with Gasteiger partial charge in [0, 0.05) is 11.4 Å². The fraction of sp³-hybridized carbons (Fsp3) is 0.435. The SMILES string of the molecule is Cc1ccc(NC(=O)[C@@H](C)[NH+]2CCN(c3cccc(C)c3C)CC2)c(C)c1. The Hall–Kier alpha value is -2.33. The van der Waals surface area contributed by atoms with Crippen molar-refractivity contribution in [2.75, 3.05) is 36.4 Å². The summed E-state index contributed by atoms with van der Waals surface area (Å²) in [7, 11) is 0. The average molecular weight is 367 g/mol. The molecule has 1 aliphatic heterocycles. The van der Waals surface area contributed by atoms with Crippen molar-refractivity contribution in [1.82, 2.24) is 0 Å². The number of carbonyl (C=O) groups excluding carboxylic acids is 1. The van der Waals surface area contributed by atoms with Crippen molar-refractivity contribution >= 4 is 17.3 Å². The van der Waals surface area contributed by atoms with Crippen molar-refractivity contribution in [3.63, 3.8) is 0 Å². The number of benzene rings is 2. The fourth-order valence-corrected chi connectivity index (χ4v) is 3.93. The summed E-state index contributed by atoms with van der Waals surface area (Å²) in [5.74, 6) is 0.108. The number of quaternary nitrogens is 1. The number of aryl methyl sites for hydroxylation is 3. The number of piperazine rings is 1. The van der Waals surface area contributed by atoms with Crippen LogP contribution in [-0.4, -0.2) is 38.1 Å². The van der Waals surface area contributed by atoms with Gasteiger partial charge in [-0.1, -0.05) is 29.8 Å². The average Bonchev–Trinajstić information content (AvgIpc) is 2.66.